The van der Waals surface area contributed by atoms with Crippen molar-refractivity contribution in [1.82, 2.24) is 19.9 Å². The van der Waals surface area contributed by atoms with Gasteiger partial charge in [-0.15, -0.1) is 0 Å². The Labute approximate surface area is 214 Å². The molecule has 4 nitrogen and oxygen atoms in total. The fourth-order valence-corrected chi connectivity index (χ4v) is 4.85. The van der Waals surface area contributed by atoms with Crippen LogP contribution in [-0.2, 0) is 0 Å². The van der Waals surface area contributed by atoms with Crippen molar-refractivity contribution in [2.24, 2.45) is 0 Å². The summed E-state index contributed by atoms with van der Waals surface area (Å²) in [6, 6.07) is 43.5. The number of aromatic nitrogens is 4. The largest absolute Gasteiger partial charge is 0.354 e. The van der Waals surface area contributed by atoms with Gasteiger partial charge in [-0.1, -0.05) is 121 Å². The molecular weight excluding hydrogens is 452 g/mol. The predicted octanol–water partition coefficient (Wildman–Crippen LogP) is 8.17. The molecule has 1 N–H and O–H groups in total. The number of para-hydroxylation sites is 2. The summed E-state index contributed by atoms with van der Waals surface area (Å²) in [5.41, 5.74) is 7.48. The molecule has 0 aliphatic rings. The molecular formula is C33H22N4. The molecule has 0 saturated heterocycles. The van der Waals surface area contributed by atoms with Crippen molar-refractivity contribution >= 4 is 21.8 Å². The summed E-state index contributed by atoms with van der Waals surface area (Å²) in [4.78, 5) is 18.1. The third-order valence-electron chi connectivity index (χ3n) is 6.69. The fraction of sp³-hybridized carbons (Fsp3) is 0. The van der Waals surface area contributed by atoms with Crippen LogP contribution in [0.1, 0.15) is 0 Å². The highest BCUT2D eigenvalue weighted by Gasteiger charge is 2.13. The SMILES string of the molecule is c1ccc(-c2nc(-c3ccccc3)nc(-c3ccc(-c4cccc5c4[nH]c4ccccc45)cc3)n2)cc1. The topological polar surface area (TPSA) is 54.5 Å². The maximum absolute atomic E-state index is 4.85. The molecule has 5 aromatic carbocycles. The summed E-state index contributed by atoms with van der Waals surface area (Å²) < 4.78 is 0. The maximum Gasteiger partial charge on any atom is 0.164 e. The van der Waals surface area contributed by atoms with Gasteiger partial charge in [0.2, 0.25) is 0 Å². The number of aromatic amines is 1. The van der Waals surface area contributed by atoms with Gasteiger partial charge in [0.15, 0.2) is 17.5 Å². The second-order valence-corrected chi connectivity index (χ2v) is 9.01. The molecule has 0 fully saturated rings. The molecule has 0 atom stereocenters. The molecule has 7 rings (SSSR count). The van der Waals surface area contributed by atoms with Crippen LogP contribution in [0.2, 0.25) is 0 Å². The third-order valence-corrected chi connectivity index (χ3v) is 6.69. The molecule has 0 amide bonds. The predicted molar refractivity (Wildman–Crippen MR) is 151 cm³/mol. The lowest BCUT2D eigenvalue weighted by molar-refractivity contribution is 1.07. The molecule has 2 heterocycles. The number of fused-ring (bicyclic) bond motifs is 3. The lowest BCUT2D eigenvalue weighted by atomic mass is 10.0. The highest BCUT2D eigenvalue weighted by atomic mass is 15.0. The van der Waals surface area contributed by atoms with Crippen LogP contribution in [0, 0.1) is 0 Å². The Morgan fingerprint density at radius 1 is 0.378 bits per heavy atom. The Morgan fingerprint density at radius 2 is 0.865 bits per heavy atom. The quantitative estimate of drug-likeness (QED) is 0.280. The van der Waals surface area contributed by atoms with Gasteiger partial charge in [0.1, 0.15) is 0 Å². The minimum absolute atomic E-state index is 0.656. The molecule has 0 aliphatic heterocycles. The lowest BCUT2D eigenvalue weighted by Gasteiger charge is -2.09. The second kappa shape index (κ2) is 8.85. The van der Waals surface area contributed by atoms with Gasteiger partial charge in [0.05, 0.1) is 5.52 Å². The van der Waals surface area contributed by atoms with Crippen LogP contribution < -0.4 is 0 Å². The first-order valence-electron chi connectivity index (χ1n) is 12.3. The number of rotatable bonds is 4. The lowest BCUT2D eigenvalue weighted by Crippen LogP contribution is -2.00. The van der Waals surface area contributed by atoms with E-state index in [-0.39, 0.29) is 0 Å². The first-order valence-corrected chi connectivity index (χ1v) is 12.3. The van der Waals surface area contributed by atoms with E-state index in [2.05, 4.69) is 71.7 Å². The first-order chi connectivity index (χ1) is 18.3. The number of hydrogen-bond donors (Lipinski definition) is 1. The molecule has 174 valence electrons. The van der Waals surface area contributed by atoms with Crippen LogP contribution in [-0.4, -0.2) is 19.9 Å². The van der Waals surface area contributed by atoms with Gasteiger partial charge in [0, 0.05) is 38.5 Å². The maximum atomic E-state index is 4.85. The Kier molecular flexibility index (Phi) is 5.07. The molecule has 4 heteroatoms. The summed E-state index contributed by atoms with van der Waals surface area (Å²) in [5.74, 6) is 1.98. The Bertz CT molecular complexity index is 1800. The smallest absolute Gasteiger partial charge is 0.164 e. The molecule has 2 aromatic heterocycles. The van der Waals surface area contributed by atoms with Crippen LogP contribution in [0.15, 0.2) is 127 Å². The van der Waals surface area contributed by atoms with Gasteiger partial charge >= 0.3 is 0 Å². The monoisotopic (exact) mass is 474 g/mol. The van der Waals surface area contributed by atoms with E-state index in [1.807, 2.05) is 60.7 Å². The van der Waals surface area contributed by atoms with Gasteiger partial charge in [0.25, 0.3) is 0 Å². The van der Waals surface area contributed by atoms with Gasteiger partial charge in [-0.05, 0) is 11.6 Å². The van der Waals surface area contributed by atoms with Gasteiger partial charge < -0.3 is 4.98 Å². The van der Waals surface area contributed by atoms with Crippen molar-refractivity contribution in [1.29, 1.82) is 0 Å². The van der Waals surface area contributed by atoms with E-state index in [0.29, 0.717) is 17.5 Å². The standard InChI is InChI=1S/C33H22N4/c1-3-10-23(11-4-1)31-35-32(24-12-5-2-6-13-24)37-33(36-31)25-20-18-22(19-21-25)26-15-9-16-28-27-14-7-8-17-29(27)34-30(26)28/h1-21,34H. The van der Waals surface area contributed by atoms with Crippen molar-refractivity contribution in [3.05, 3.63) is 127 Å². The van der Waals surface area contributed by atoms with Crippen LogP contribution in [0.25, 0.3) is 67.1 Å². The molecule has 0 spiro atoms. The van der Waals surface area contributed by atoms with E-state index in [0.717, 1.165) is 33.3 Å². The average Bonchev–Trinajstić information content (AvgIpc) is 3.37. The minimum Gasteiger partial charge on any atom is -0.354 e. The minimum atomic E-state index is 0.656. The first kappa shape index (κ1) is 21.2. The second-order valence-electron chi connectivity index (χ2n) is 9.01. The Morgan fingerprint density at radius 3 is 1.49 bits per heavy atom. The summed E-state index contributed by atoms with van der Waals surface area (Å²) in [6.07, 6.45) is 0. The Balaban J connectivity index is 1.33. The normalized spacial score (nSPS) is 11.2. The number of nitrogens with zero attached hydrogens (tertiary/aromatic N) is 3. The van der Waals surface area contributed by atoms with E-state index in [9.17, 15) is 0 Å². The molecule has 37 heavy (non-hydrogen) atoms. The zero-order chi connectivity index (χ0) is 24.6. The van der Waals surface area contributed by atoms with Crippen molar-refractivity contribution < 1.29 is 0 Å². The van der Waals surface area contributed by atoms with Crippen molar-refractivity contribution in [2.45, 2.75) is 0 Å². The number of benzene rings is 5. The van der Waals surface area contributed by atoms with Gasteiger partial charge in [-0.3, -0.25) is 0 Å². The fourth-order valence-electron chi connectivity index (χ4n) is 4.85. The molecule has 0 saturated carbocycles. The van der Waals surface area contributed by atoms with E-state index in [1.165, 1.54) is 16.3 Å². The number of H-pyrrole nitrogens is 1. The van der Waals surface area contributed by atoms with Crippen molar-refractivity contribution in [2.75, 3.05) is 0 Å². The zero-order valence-electron chi connectivity index (χ0n) is 20.0. The summed E-state index contributed by atoms with van der Waals surface area (Å²) in [7, 11) is 0. The number of hydrogen-bond acceptors (Lipinski definition) is 3. The van der Waals surface area contributed by atoms with Crippen LogP contribution in [0.4, 0.5) is 0 Å². The highest BCUT2D eigenvalue weighted by Crippen LogP contribution is 2.34. The molecule has 0 bridgehead atoms. The molecule has 0 unspecified atom stereocenters. The average molecular weight is 475 g/mol. The highest BCUT2D eigenvalue weighted by molar-refractivity contribution is 6.11. The number of nitrogens with one attached hydrogen (secondary N) is 1. The van der Waals surface area contributed by atoms with Crippen molar-refractivity contribution in [3.63, 3.8) is 0 Å². The third kappa shape index (κ3) is 3.85. The summed E-state index contributed by atoms with van der Waals surface area (Å²) in [6.45, 7) is 0. The van der Waals surface area contributed by atoms with Gasteiger partial charge in [-0.25, -0.2) is 15.0 Å². The van der Waals surface area contributed by atoms with E-state index in [1.54, 1.807) is 0 Å². The zero-order valence-corrected chi connectivity index (χ0v) is 20.0. The molecule has 7 aromatic rings. The Hall–Kier alpha value is -5.09. The van der Waals surface area contributed by atoms with E-state index >= 15 is 0 Å². The van der Waals surface area contributed by atoms with Crippen LogP contribution in [0.3, 0.4) is 0 Å². The van der Waals surface area contributed by atoms with E-state index in [4.69, 9.17) is 15.0 Å². The molecule has 0 radical (unpaired) electrons. The molecule has 0 aliphatic carbocycles. The van der Waals surface area contributed by atoms with E-state index < -0.39 is 0 Å². The van der Waals surface area contributed by atoms with Crippen LogP contribution in [0.5, 0.6) is 0 Å². The van der Waals surface area contributed by atoms with Crippen LogP contribution >= 0.6 is 0 Å². The van der Waals surface area contributed by atoms with Crippen molar-refractivity contribution in [3.8, 4) is 45.3 Å². The summed E-state index contributed by atoms with van der Waals surface area (Å²) >= 11 is 0. The van der Waals surface area contributed by atoms with Gasteiger partial charge in [-0.2, -0.15) is 0 Å². The summed E-state index contributed by atoms with van der Waals surface area (Å²) in [5, 5.41) is 2.47.